The lowest BCUT2D eigenvalue weighted by atomic mass is 10.1. The van der Waals surface area contributed by atoms with Crippen LogP contribution < -0.4 is 0 Å². The number of aliphatic hydroxyl groups excluding tert-OH is 1. The molecule has 0 saturated heterocycles. The van der Waals surface area contributed by atoms with Crippen LogP contribution in [0.2, 0.25) is 0 Å². The predicted molar refractivity (Wildman–Crippen MR) is 83.9 cm³/mol. The minimum Gasteiger partial charge on any atom is -0.393 e. The van der Waals surface area contributed by atoms with Crippen LogP contribution in [0, 0.1) is 0 Å². The lowest BCUT2D eigenvalue weighted by Crippen LogP contribution is -2.14. The first-order valence-corrected chi connectivity index (χ1v) is 7.88. The highest BCUT2D eigenvalue weighted by Gasteiger charge is 2.13. The molecule has 0 aliphatic rings. The van der Waals surface area contributed by atoms with Crippen molar-refractivity contribution in [2.24, 2.45) is 0 Å². The van der Waals surface area contributed by atoms with Gasteiger partial charge in [-0.15, -0.1) is 0 Å². The molecular weight excluding hydrogens is 248 g/mol. The third-order valence-electron chi connectivity index (χ3n) is 3.86. The molecule has 0 radical (unpaired) electrons. The highest BCUT2D eigenvalue weighted by Crippen LogP contribution is 2.18. The Balaban J connectivity index is 2.01. The number of para-hydroxylation sites is 2. The topological polar surface area (TPSA) is 38.1 Å². The summed E-state index contributed by atoms with van der Waals surface area (Å²) in [6, 6.07) is 8.20. The van der Waals surface area contributed by atoms with Crippen molar-refractivity contribution in [2.45, 2.75) is 65.0 Å². The molecule has 1 aromatic carbocycles. The third kappa shape index (κ3) is 3.60. The molecule has 20 heavy (non-hydrogen) atoms. The standard InChI is InChI=1S/C17H26N2O/c1-3-5-6-7-10-14(20)13-17-18-15-11-8-9-12-16(15)19(17)4-2/h8-9,11-12,14,20H,3-7,10,13H2,1-2H3. The van der Waals surface area contributed by atoms with E-state index in [0.717, 1.165) is 30.7 Å². The quantitative estimate of drug-likeness (QED) is 0.741. The second-order valence-electron chi connectivity index (χ2n) is 5.47. The summed E-state index contributed by atoms with van der Waals surface area (Å²) >= 11 is 0. The van der Waals surface area contributed by atoms with Crippen LogP contribution in [0.5, 0.6) is 0 Å². The minimum absolute atomic E-state index is 0.269. The van der Waals surface area contributed by atoms with Gasteiger partial charge in [0.15, 0.2) is 0 Å². The molecule has 0 bridgehead atoms. The van der Waals surface area contributed by atoms with Gasteiger partial charge in [0, 0.05) is 13.0 Å². The Hall–Kier alpha value is -1.35. The molecule has 0 amide bonds. The first-order valence-electron chi connectivity index (χ1n) is 7.88. The van der Waals surface area contributed by atoms with Crippen LogP contribution in [0.4, 0.5) is 0 Å². The normalized spacial score (nSPS) is 12.9. The molecule has 0 aliphatic heterocycles. The van der Waals surface area contributed by atoms with E-state index in [1.54, 1.807) is 0 Å². The average molecular weight is 274 g/mol. The van der Waals surface area contributed by atoms with Crippen molar-refractivity contribution < 1.29 is 5.11 Å². The molecule has 0 fully saturated rings. The molecule has 1 atom stereocenters. The van der Waals surface area contributed by atoms with Crippen molar-refractivity contribution in [3.63, 3.8) is 0 Å². The molecule has 1 aromatic heterocycles. The Morgan fingerprint density at radius 3 is 2.70 bits per heavy atom. The molecule has 0 saturated carbocycles. The van der Waals surface area contributed by atoms with Gasteiger partial charge < -0.3 is 9.67 Å². The van der Waals surface area contributed by atoms with Gasteiger partial charge in [-0.1, -0.05) is 44.7 Å². The highest BCUT2D eigenvalue weighted by atomic mass is 16.3. The predicted octanol–water partition coefficient (Wildman–Crippen LogP) is 3.93. The number of hydrogen-bond acceptors (Lipinski definition) is 2. The van der Waals surface area contributed by atoms with Crippen molar-refractivity contribution >= 4 is 11.0 Å². The first kappa shape index (κ1) is 15.0. The Labute approximate surface area is 121 Å². The number of imidazole rings is 1. The van der Waals surface area contributed by atoms with Crippen molar-refractivity contribution in [1.29, 1.82) is 0 Å². The van der Waals surface area contributed by atoms with E-state index >= 15 is 0 Å². The molecule has 0 spiro atoms. The van der Waals surface area contributed by atoms with Crippen LogP contribution in [-0.4, -0.2) is 20.8 Å². The zero-order valence-electron chi connectivity index (χ0n) is 12.7. The maximum absolute atomic E-state index is 10.2. The maximum Gasteiger partial charge on any atom is 0.112 e. The number of aromatic nitrogens is 2. The smallest absolute Gasteiger partial charge is 0.112 e. The molecule has 3 nitrogen and oxygen atoms in total. The van der Waals surface area contributed by atoms with E-state index in [0.29, 0.717) is 6.42 Å². The fraction of sp³-hybridized carbons (Fsp3) is 0.588. The molecule has 2 rings (SSSR count). The lowest BCUT2D eigenvalue weighted by Gasteiger charge is -2.11. The number of fused-ring (bicyclic) bond motifs is 1. The molecule has 1 heterocycles. The maximum atomic E-state index is 10.2. The van der Waals surface area contributed by atoms with Crippen LogP contribution in [-0.2, 0) is 13.0 Å². The third-order valence-corrected chi connectivity index (χ3v) is 3.86. The number of aliphatic hydroxyl groups is 1. The summed E-state index contributed by atoms with van der Waals surface area (Å²) in [6.45, 7) is 5.24. The van der Waals surface area contributed by atoms with E-state index in [-0.39, 0.29) is 6.10 Å². The van der Waals surface area contributed by atoms with E-state index in [1.165, 1.54) is 24.8 Å². The second kappa shape index (κ2) is 7.44. The fourth-order valence-corrected chi connectivity index (χ4v) is 2.75. The van der Waals surface area contributed by atoms with E-state index in [4.69, 9.17) is 0 Å². The van der Waals surface area contributed by atoms with Crippen LogP contribution in [0.15, 0.2) is 24.3 Å². The van der Waals surface area contributed by atoms with Crippen molar-refractivity contribution in [3.05, 3.63) is 30.1 Å². The second-order valence-corrected chi connectivity index (χ2v) is 5.47. The summed E-state index contributed by atoms with van der Waals surface area (Å²) < 4.78 is 2.21. The SMILES string of the molecule is CCCCCCC(O)Cc1nc2ccccc2n1CC. The van der Waals surface area contributed by atoms with Crippen LogP contribution in [0.3, 0.4) is 0 Å². The average Bonchev–Trinajstić information content (AvgIpc) is 2.80. The van der Waals surface area contributed by atoms with Crippen molar-refractivity contribution in [3.8, 4) is 0 Å². The minimum atomic E-state index is -0.269. The molecule has 2 aromatic rings. The van der Waals surface area contributed by atoms with Crippen molar-refractivity contribution in [1.82, 2.24) is 9.55 Å². The number of rotatable bonds is 8. The van der Waals surface area contributed by atoms with E-state index in [1.807, 2.05) is 18.2 Å². The number of nitrogens with zero attached hydrogens (tertiary/aromatic N) is 2. The van der Waals surface area contributed by atoms with E-state index in [9.17, 15) is 5.11 Å². The summed E-state index contributed by atoms with van der Waals surface area (Å²) in [5, 5.41) is 10.2. The van der Waals surface area contributed by atoms with Gasteiger partial charge in [-0.25, -0.2) is 4.98 Å². The van der Waals surface area contributed by atoms with E-state index < -0.39 is 0 Å². The summed E-state index contributed by atoms with van der Waals surface area (Å²) in [5.74, 6) is 1.01. The molecule has 1 unspecified atom stereocenters. The van der Waals surface area contributed by atoms with Crippen molar-refractivity contribution in [2.75, 3.05) is 0 Å². The summed E-state index contributed by atoms with van der Waals surface area (Å²) in [7, 11) is 0. The highest BCUT2D eigenvalue weighted by molar-refractivity contribution is 5.75. The largest absolute Gasteiger partial charge is 0.393 e. The first-order chi connectivity index (χ1) is 9.76. The molecular formula is C17H26N2O. The summed E-state index contributed by atoms with van der Waals surface area (Å²) in [4.78, 5) is 4.67. The fourth-order valence-electron chi connectivity index (χ4n) is 2.75. The van der Waals surface area contributed by atoms with Gasteiger partial charge in [-0.05, 0) is 25.5 Å². The number of aryl methyl sites for hydroxylation is 1. The number of benzene rings is 1. The van der Waals surface area contributed by atoms with Gasteiger partial charge in [0.05, 0.1) is 17.1 Å². The lowest BCUT2D eigenvalue weighted by molar-refractivity contribution is 0.157. The zero-order chi connectivity index (χ0) is 14.4. The van der Waals surface area contributed by atoms with Crippen LogP contribution in [0.25, 0.3) is 11.0 Å². The Morgan fingerprint density at radius 1 is 1.15 bits per heavy atom. The monoisotopic (exact) mass is 274 g/mol. The Bertz CT molecular complexity index is 533. The molecule has 110 valence electrons. The van der Waals surface area contributed by atoms with E-state index in [2.05, 4.69) is 29.5 Å². The van der Waals surface area contributed by atoms with Gasteiger partial charge in [-0.3, -0.25) is 0 Å². The van der Waals surface area contributed by atoms with Gasteiger partial charge in [0.2, 0.25) is 0 Å². The summed E-state index contributed by atoms with van der Waals surface area (Å²) in [6.07, 6.45) is 6.11. The van der Waals surface area contributed by atoms with Gasteiger partial charge >= 0.3 is 0 Å². The molecule has 3 heteroatoms. The summed E-state index contributed by atoms with van der Waals surface area (Å²) in [5.41, 5.74) is 2.20. The molecule has 1 N–H and O–H groups in total. The number of hydrogen-bond donors (Lipinski definition) is 1. The van der Waals surface area contributed by atoms with Gasteiger partial charge in [0.1, 0.15) is 5.82 Å². The Morgan fingerprint density at radius 2 is 1.95 bits per heavy atom. The zero-order valence-corrected chi connectivity index (χ0v) is 12.7. The van der Waals surface area contributed by atoms with Crippen LogP contribution in [0.1, 0.15) is 51.8 Å². The van der Waals surface area contributed by atoms with Crippen LogP contribution >= 0.6 is 0 Å². The van der Waals surface area contributed by atoms with Gasteiger partial charge in [0.25, 0.3) is 0 Å². The number of unbranched alkanes of at least 4 members (excludes halogenated alkanes) is 3. The van der Waals surface area contributed by atoms with Gasteiger partial charge in [-0.2, -0.15) is 0 Å². The Kier molecular flexibility index (Phi) is 5.60. The molecule has 0 aliphatic carbocycles.